The second-order valence-electron chi connectivity index (χ2n) is 8.03. The molecule has 8 nitrogen and oxygen atoms in total. The summed E-state index contributed by atoms with van der Waals surface area (Å²) in [5.74, 6) is -0.683. The molecule has 1 aromatic heterocycles. The predicted molar refractivity (Wildman–Crippen MR) is 122 cm³/mol. The van der Waals surface area contributed by atoms with E-state index in [0.29, 0.717) is 37.6 Å². The van der Waals surface area contributed by atoms with Crippen molar-refractivity contribution in [3.05, 3.63) is 65.7 Å². The van der Waals surface area contributed by atoms with Gasteiger partial charge in [-0.1, -0.05) is 43.3 Å². The number of amides is 3. The highest BCUT2D eigenvalue weighted by Crippen LogP contribution is 2.34. The number of anilines is 1. The largest absolute Gasteiger partial charge is 0.481 e. The van der Waals surface area contributed by atoms with Crippen LogP contribution in [0.25, 0.3) is 10.9 Å². The molecule has 1 atom stereocenters. The van der Waals surface area contributed by atoms with E-state index in [0.717, 1.165) is 16.5 Å². The fourth-order valence-corrected chi connectivity index (χ4v) is 4.20. The van der Waals surface area contributed by atoms with E-state index in [-0.39, 0.29) is 24.3 Å². The molecule has 1 saturated heterocycles. The maximum absolute atomic E-state index is 13.0. The minimum absolute atomic E-state index is 0.0361. The summed E-state index contributed by atoms with van der Waals surface area (Å²) >= 11 is 0. The van der Waals surface area contributed by atoms with E-state index in [1.54, 1.807) is 21.9 Å². The molecule has 3 aromatic rings. The van der Waals surface area contributed by atoms with Gasteiger partial charge in [0.1, 0.15) is 5.82 Å². The van der Waals surface area contributed by atoms with Crippen LogP contribution in [0, 0.1) is 0 Å². The van der Waals surface area contributed by atoms with Crippen molar-refractivity contribution in [2.45, 2.75) is 19.3 Å². The lowest BCUT2D eigenvalue weighted by atomic mass is 9.96. The maximum atomic E-state index is 13.0. The van der Waals surface area contributed by atoms with Gasteiger partial charge in [-0.15, -0.1) is 0 Å². The summed E-state index contributed by atoms with van der Waals surface area (Å²) in [6.07, 6.45) is -0.0367. The van der Waals surface area contributed by atoms with Gasteiger partial charge in [0.15, 0.2) is 0 Å². The molecule has 8 heteroatoms. The quantitative estimate of drug-likeness (QED) is 0.569. The van der Waals surface area contributed by atoms with Crippen LogP contribution >= 0.6 is 0 Å². The minimum atomic E-state index is -0.890. The van der Waals surface area contributed by atoms with Crippen molar-refractivity contribution in [3.63, 3.8) is 0 Å². The Bertz CT molecular complexity index is 1130. The topological polar surface area (TPSA) is 106 Å². The maximum Gasteiger partial charge on any atom is 0.323 e. The van der Waals surface area contributed by atoms with E-state index >= 15 is 0 Å². The van der Waals surface area contributed by atoms with Crippen LogP contribution in [0.2, 0.25) is 0 Å². The summed E-state index contributed by atoms with van der Waals surface area (Å²) in [7, 11) is 0. The molecule has 2 heterocycles. The number of piperazine rings is 1. The van der Waals surface area contributed by atoms with Gasteiger partial charge in [0.05, 0.1) is 6.42 Å². The number of carboxylic acids is 1. The standard InChI is InChI=1S/C24H26N4O4/c1-16(15-20(29)30)21-18-9-5-6-10-19(18)25-22(21)26-24(32)28-13-11-27(12-14-28)23(31)17-7-3-2-4-8-17/h2-10,16,25H,11-15H2,1H3,(H,26,32)(H,29,30). The summed E-state index contributed by atoms with van der Waals surface area (Å²) in [6.45, 7) is 3.59. The number of aromatic amines is 1. The van der Waals surface area contributed by atoms with Crippen molar-refractivity contribution in [3.8, 4) is 0 Å². The minimum Gasteiger partial charge on any atom is -0.481 e. The van der Waals surface area contributed by atoms with Gasteiger partial charge in [-0.3, -0.25) is 14.9 Å². The van der Waals surface area contributed by atoms with Gasteiger partial charge < -0.3 is 19.9 Å². The normalized spacial score (nSPS) is 14.9. The van der Waals surface area contributed by atoms with Gasteiger partial charge in [-0.05, 0) is 24.1 Å². The zero-order valence-electron chi connectivity index (χ0n) is 17.9. The molecule has 0 spiro atoms. The number of hydrogen-bond donors (Lipinski definition) is 3. The molecule has 1 aliphatic heterocycles. The average Bonchev–Trinajstić information content (AvgIpc) is 3.16. The predicted octanol–water partition coefficient (Wildman–Crippen LogP) is 3.74. The molecule has 166 valence electrons. The molecular formula is C24H26N4O4. The van der Waals surface area contributed by atoms with Crippen molar-refractivity contribution < 1.29 is 19.5 Å². The summed E-state index contributed by atoms with van der Waals surface area (Å²) in [5, 5.41) is 13.1. The Morgan fingerprint density at radius 2 is 1.59 bits per heavy atom. The zero-order chi connectivity index (χ0) is 22.7. The molecule has 4 rings (SSSR count). The highest BCUT2D eigenvalue weighted by atomic mass is 16.4. The van der Waals surface area contributed by atoms with Gasteiger partial charge in [-0.25, -0.2) is 4.79 Å². The SMILES string of the molecule is CC(CC(=O)O)c1c(NC(=O)N2CCN(C(=O)c3ccccc3)CC2)[nH]c2ccccc12. The number of aliphatic carboxylic acids is 1. The fraction of sp³-hybridized carbons (Fsp3) is 0.292. The summed E-state index contributed by atoms with van der Waals surface area (Å²) < 4.78 is 0. The van der Waals surface area contributed by atoms with Crippen LogP contribution in [-0.4, -0.2) is 64.0 Å². The van der Waals surface area contributed by atoms with E-state index < -0.39 is 5.97 Å². The molecule has 1 aliphatic rings. The molecule has 0 aliphatic carbocycles. The first-order valence-electron chi connectivity index (χ1n) is 10.7. The molecular weight excluding hydrogens is 408 g/mol. The van der Waals surface area contributed by atoms with Crippen LogP contribution in [0.5, 0.6) is 0 Å². The van der Waals surface area contributed by atoms with Crippen LogP contribution in [0.15, 0.2) is 54.6 Å². The number of rotatable bonds is 5. The number of carbonyl (C=O) groups is 3. The van der Waals surface area contributed by atoms with Crippen molar-refractivity contribution in [1.82, 2.24) is 14.8 Å². The van der Waals surface area contributed by atoms with Crippen molar-refractivity contribution in [2.24, 2.45) is 0 Å². The third kappa shape index (κ3) is 4.44. The van der Waals surface area contributed by atoms with Crippen LogP contribution in [0.3, 0.4) is 0 Å². The van der Waals surface area contributed by atoms with Crippen LogP contribution in [-0.2, 0) is 4.79 Å². The highest BCUT2D eigenvalue weighted by Gasteiger charge is 2.27. The first kappa shape index (κ1) is 21.4. The Kier molecular flexibility index (Phi) is 6.11. The molecule has 3 N–H and O–H groups in total. The van der Waals surface area contributed by atoms with E-state index in [1.807, 2.05) is 49.4 Å². The second-order valence-corrected chi connectivity index (χ2v) is 8.03. The molecule has 32 heavy (non-hydrogen) atoms. The third-order valence-corrected chi connectivity index (χ3v) is 5.83. The molecule has 3 amide bonds. The van der Waals surface area contributed by atoms with Crippen LogP contribution < -0.4 is 5.32 Å². The van der Waals surface area contributed by atoms with E-state index in [9.17, 15) is 19.5 Å². The van der Waals surface area contributed by atoms with Crippen molar-refractivity contribution >= 4 is 34.6 Å². The van der Waals surface area contributed by atoms with E-state index in [1.165, 1.54) is 0 Å². The lowest BCUT2D eigenvalue weighted by Crippen LogP contribution is -2.51. The van der Waals surface area contributed by atoms with E-state index in [2.05, 4.69) is 10.3 Å². The Hall–Kier alpha value is -3.81. The fourth-order valence-electron chi connectivity index (χ4n) is 4.20. The number of nitrogens with one attached hydrogen (secondary N) is 2. The van der Waals surface area contributed by atoms with Gasteiger partial charge in [0.2, 0.25) is 0 Å². The van der Waals surface area contributed by atoms with Crippen LogP contribution in [0.4, 0.5) is 10.6 Å². The first-order chi connectivity index (χ1) is 15.4. The summed E-state index contributed by atoms with van der Waals surface area (Å²) in [5.41, 5.74) is 2.27. The number of para-hydroxylation sites is 1. The average molecular weight is 434 g/mol. The van der Waals surface area contributed by atoms with Gasteiger partial charge in [0.25, 0.3) is 5.91 Å². The highest BCUT2D eigenvalue weighted by molar-refractivity contribution is 5.97. The molecule has 2 aromatic carbocycles. The van der Waals surface area contributed by atoms with E-state index in [4.69, 9.17) is 0 Å². The third-order valence-electron chi connectivity index (χ3n) is 5.83. The summed E-state index contributed by atoms with van der Waals surface area (Å²) in [6, 6.07) is 16.4. The number of fused-ring (bicyclic) bond motifs is 1. The number of carbonyl (C=O) groups excluding carboxylic acids is 2. The molecule has 0 saturated carbocycles. The lowest BCUT2D eigenvalue weighted by molar-refractivity contribution is -0.137. The Morgan fingerprint density at radius 3 is 2.28 bits per heavy atom. The Labute approximate surface area is 185 Å². The number of carboxylic acid groups (broad SMARTS) is 1. The van der Waals surface area contributed by atoms with Gasteiger partial charge >= 0.3 is 12.0 Å². The Balaban J connectivity index is 1.45. The summed E-state index contributed by atoms with van der Waals surface area (Å²) in [4.78, 5) is 43.5. The van der Waals surface area contributed by atoms with Crippen molar-refractivity contribution in [1.29, 1.82) is 0 Å². The Morgan fingerprint density at radius 1 is 0.969 bits per heavy atom. The van der Waals surface area contributed by atoms with Gasteiger partial charge in [0, 0.05) is 48.2 Å². The molecule has 0 radical (unpaired) electrons. The zero-order valence-corrected chi connectivity index (χ0v) is 17.9. The van der Waals surface area contributed by atoms with Crippen molar-refractivity contribution in [2.75, 3.05) is 31.5 Å². The number of benzene rings is 2. The monoisotopic (exact) mass is 434 g/mol. The smallest absolute Gasteiger partial charge is 0.323 e. The second kappa shape index (κ2) is 9.13. The molecule has 1 fully saturated rings. The van der Waals surface area contributed by atoms with Gasteiger partial charge in [-0.2, -0.15) is 0 Å². The number of aromatic nitrogens is 1. The number of urea groups is 1. The molecule has 0 bridgehead atoms. The lowest BCUT2D eigenvalue weighted by Gasteiger charge is -2.34. The molecule has 1 unspecified atom stereocenters. The first-order valence-corrected chi connectivity index (χ1v) is 10.7. The number of H-pyrrole nitrogens is 1. The number of nitrogens with zero attached hydrogens (tertiary/aromatic N) is 2. The van der Waals surface area contributed by atoms with Crippen LogP contribution in [0.1, 0.15) is 35.2 Å². The number of hydrogen-bond acceptors (Lipinski definition) is 3.